The molecule has 1 N–H and O–H groups in total. The zero-order valence-corrected chi connectivity index (χ0v) is 15.6. The zero-order chi connectivity index (χ0) is 15.2. The van der Waals surface area contributed by atoms with E-state index in [1.54, 1.807) is 17.5 Å². The van der Waals surface area contributed by atoms with E-state index in [1.165, 1.54) is 8.45 Å². The number of aromatic nitrogens is 1. The van der Waals surface area contributed by atoms with Crippen LogP contribution in [0, 0.1) is 2.88 Å². The first-order valence-corrected chi connectivity index (χ1v) is 9.15. The first-order valence-electron chi connectivity index (χ1n) is 7.19. The van der Waals surface area contributed by atoms with E-state index >= 15 is 0 Å². The molecule has 0 fully saturated rings. The van der Waals surface area contributed by atoms with E-state index in [1.807, 2.05) is 20.0 Å². The number of pyridine rings is 1. The van der Waals surface area contributed by atoms with E-state index in [0.29, 0.717) is 0 Å². The number of ether oxygens (including phenoxy) is 1. The molecule has 0 bridgehead atoms. The maximum atomic E-state index is 5.76. The predicted molar refractivity (Wildman–Crippen MR) is 97.2 cm³/mol. The summed E-state index contributed by atoms with van der Waals surface area (Å²) >= 11 is 4.13. The highest BCUT2D eigenvalue weighted by atomic mass is 127. The topological polar surface area (TPSA) is 34.2 Å². The summed E-state index contributed by atoms with van der Waals surface area (Å²) in [6.07, 6.45) is 4.96. The van der Waals surface area contributed by atoms with Gasteiger partial charge in [-0.3, -0.25) is 4.98 Å². The number of nitrogens with zero attached hydrogens (tertiary/aromatic N) is 1. The molecule has 114 valence electrons. The molecule has 0 saturated heterocycles. The van der Waals surface area contributed by atoms with Crippen LogP contribution in [-0.4, -0.2) is 17.6 Å². The maximum absolute atomic E-state index is 5.76. The molecular weight excluding hydrogens is 395 g/mol. The number of halogens is 1. The van der Waals surface area contributed by atoms with Gasteiger partial charge in [-0.25, -0.2) is 0 Å². The molecule has 0 aliphatic heterocycles. The smallest absolute Gasteiger partial charge is 0.138 e. The van der Waals surface area contributed by atoms with Crippen LogP contribution in [0.5, 0.6) is 5.75 Å². The third kappa shape index (κ3) is 4.93. The molecule has 21 heavy (non-hydrogen) atoms. The van der Waals surface area contributed by atoms with Crippen molar-refractivity contribution >= 4 is 33.9 Å². The van der Waals surface area contributed by atoms with Crippen LogP contribution in [0.4, 0.5) is 0 Å². The molecule has 0 spiro atoms. The molecule has 1 atom stereocenters. The van der Waals surface area contributed by atoms with Gasteiger partial charge in [-0.1, -0.05) is 6.92 Å². The van der Waals surface area contributed by atoms with Crippen molar-refractivity contribution in [3.05, 3.63) is 43.9 Å². The van der Waals surface area contributed by atoms with Gasteiger partial charge >= 0.3 is 0 Å². The minimum absolute atomic E-state index is 0.159. The van der Waals surface area contributed by atoms with Crippen LogP contribution < -0.4 is 10.1 Å². The van der Waals surface area contributed by atoms with Crippen molar-refractivity contribution in [1.29, 1.82) is 0 Å². The first-order chi connectivity index (χ1) is 10.1. The Labute approximate surface area is 144 Å². The van der Waals surface area contributed by atoms with E-state index in [-0.39, 0.29) is 12.1 Å². The highest BCUT2D eigenvalue weighted by Gasteiger charge is 2.16. The molecular formula is C16H21IN2OS. The Morgan fingerprint density at radius 1 is 1.29 bits per heavy atom. The highest BCUT2D eigenvalue weighted by Crippen LogP contribution is 2.28. The van der Waals surface area contributed by atoms with Crippen molar-refractivity contribution in [3.63, 3.8) is 0 Å². The molecule has 0 radical (unpaired) electrons. The molecule has 2 heterocycles. The lowest BCUT2D eigenvalue weighted by atomic mass is 10.0. The summed E-state index contributed by atoms with van der Waals surface area (Å²) in [5.41, 5.74) is 2.44. The molecule has 2 aromatic heterocycles. The lowest BCUT2D eigenvalue weighted by Gasteiger charge is -2.19. The Balaban J connectivity index is 2.27. The average molecular weight is 416 g/mol. The lowest BCUT2D eigenvalue weighted by molar-refractivity contribution is 0.241. The summed E-state index contributed by atoms with van der Waals surface area (Å²) in [5, 5.41) is 5.82. The third-order valence-corrected chi connectivity index (χ3v) is 4.77. The van der Waals surface area contributed by atoms with Crippen molar-refractivity contribution in [1.82, 2.24) is 10.3 Å². The fourth-order valence-corrected chi connectivity index (χ4v) is 3.52. The highest BCUT2D eigenvalue weighted by molar-refractivity contribution is 14.1. The van der Waals surface area contributed by atoms with Gasteiger partial charge in [0.1, 0.15) is 5.75 Å². The fraction of sp³-hybridized carbons (Fsp3) is 0.438. The van der Waals surface area contributed by atoms with Crippen LogP contribution in [0.25, 0.3) is 0 Å². The van der Waals surface area contributed by atoms with Crippen molar-refractivity contribution in [3.8, 4) is 5.75 Å². The standard InChI is InChI=1S/C16H21IN2OS/c1-4-5-19-16(13-7-15(17)21-10-13)12-6-14(9-18-8-12)20-11(2)3/h6-11,16,19H,4-5H2,1-3H3. The van der Waals surface area contributed by atoms with Crippen molar-refractivity contribution < 1.29 is 4.74 Å². The fourth-order valence-electron chi connectivity index (χ4n) is 2.12. The van der Waals surface area contributed by atoms with Gasteiger partial charge in [-0.2, -0.15) is 0 Å². The van der Waals surface area contributed by atoms with E-state index in [2.05, 4.69) is 57.3 Å². The molecule has 0 aliphatic carbocycles. The monoisotopic (exact) mass is 416 g/mol. The van der Waals surface area contributed by atoms with E-state index < -0.39 is 0 Å². The molecule has 0 aromatic carbocycles. The zero-order valence-electron chi connectivity index (χ0n) is 12.6. The molecule has 5 heteroatoms. The molecule has 0 amide bonds. The van der Waals surface area contributed by atoms with Gasteiger partial charge in [0.25, 0.3) is 0 Å². The van der Waals surface area contributed by atoms with Gasteiger partial charge < -0.3 is 10.1 Å². The second-order valence-electron chi connectivity index (χ2n) is 5.19. The van der Waals surface area contributed by atoms with Gasteiger partial charge in [0, 0.05) is 6.20 Å². The Bertz CT molecular complexity index is 571. The number of nitrogens with one attached hydrogen (secondary N) is 1. The van der Waals surface area contributed by atoms with E-state index in [9.17, 15) is 0 Å². The summed E-state index contributed by atoms with van der Waals surface area (Å²) in [4.78, 5) is 4.34. The second-order valence-corrected chi connectivity index (χ2v) is 8.00. The Hall–Kier alpha value is -0.660. The van der Waals surface area contributed by atoms with Crippen LogP contribution in [0.1, 0.15) is 44.4 Å². The molecule has 1 unspecified atom stereocenters. The van der Waals surface area contributed by atoms with E-state index in [0.717, 1.165) is 24.3 Å². The van der Waals surface area contributed by atoms with E-state index in [4.69, 9.17) is 4.74 Å². The van der Waals surface area contributed by atoms with Crippen LogP contribution in [0.2, 0.25) is 0 Å². The molecule has 0 aliphatic rings. The molecule has 2 rings (SSSR count). The summed E-state index contributed by atoms with van der Waals surface area (Å²) in [6.45, 7) is 7.21. The Kier molecular flexibility index (Phi) is 6.44. The lowest BCUT2D eigenvalue weighted by Crippen LogP contribution is -2.23. The predicted octanol–water partition coefficient (Wildman–Crippen LogP) is 4.62. The largest absolute Gasteiger partial charge is 0.489 e. The Morgan fingerprint density at radius 2 is 2.10 bits per heavy atom. The van der Waals surface area contributed by atoms with Crippen LogP contribution >= 0.6 is 33.9 Å². The van der Waals surface area contributed by atoms with Crippen LogP contribution in [-0.2, 0) is 0 Å². The van der Waals surface area contributed by atoms with Crippen molar-refractivity contribution in [2.24, 2.45) is 0 Å². The minimum atomic E-state index is 0.159. The number of thiophene rings is 1. The van der Waals surface area contributed by atoms with Crippen LogP contribution in [0.3, 0.4) is 0 Å². The van der Waals surface area contributed by atoms with Crippen molar-refractivity contribution in [2.75, 3.05) is 6.54 Å². The van der Waals surface area contributed by atoms with Crippen molar-refractivity contribution in [2.45, 2.75) is 39.3 Å². The van der Waals surface area contributed by atoms with Gasteiger partial charge in [0.05, 0.1) is 21.2 Å². The summed E-state index contributed by atoms with van der Waals surface area (Å²) in [6, 6.07) is 4.49. The number of rotatable bonds is 7. The summed E-state index contributed by atoms with van der Waals surface area (Å²) < 4.78 is 7.06. The van der Waals surface area contributed by atoms with Gasteiger partial charge in [-0.15, -0.1) is 11.3 Å². The minimum Gasteiger partial charge on any atom is -0.489 e. The molecule has 3 nitrogen and oxygen atoms in total. The SMILES string of the molecule is CCCNC(c1cncc(OC(C)C)c1)c1csc(I)c1. The number of hydrogen-bond acceptors (Lipinski definition) is 4. The molecule has 2 aromatic rings. The van der Waals surface area contributed by atoms with Gasteiger partial charge in [0.15, 0.2) is 0 Å². The summed E-state index contributed by atoms with van der Waals surface area (Å²) in [7, 11) is 0. The second kappa shape index (κ2) is 8.10. The maximum Gasteiger partial charge on any atom is 0.138 e. The average Bonchev–Trinajstić information content (AvgIpc) is 2.85. The first kappa shape index (κ1) is 16.7. The van der Waals surface area contributed by atoms with Gasteiger partial charge in [0.2, 0.25) is 0 Å². The number of hydrogen-bond donors (Lipinski definition) is 1. The van der Waals surface area contributed by atoms with Crippen LogP contribution in [0.15, 0.2) is 29.9 Å². The van der Waals surface area contributed by atoms with Gasteiger partial charge in [-0.05, 0) is 78.0 Å². The quantitative estimate of drug-likeness (QED) is 0.669. The third-order valence-electron chi connectivity index (χ3n) is 2.96. The molecule has 0 saturated carbocycles. The Morgan fingerprint density at radius 3 is 2.71 bits per heavy atom. The normalized spacial score (nSPS) is 12.6. The summed E-state index contributed by atoms with van der Waals surface area (Å²) in [5.74, 6) is 0.829.